The van der Waals surface area contributed by atoms with Crippen molar-refractivity contribution in [2.45, 2.75) is 6.04 Å². The van der Waals surface area contributed by atoms with Crippen LogP contribution in [0.25, 0.3) is 0 Å². The lowest BCUT2D eigenvalue weighted by atomic mass is 10.1. The maximum atomic E-state index is 11.0. The molecule has 0 aromatic carbocycles. The molecule has 1 atom stereocenters. The molecule has 1 aliphatic heterocycles. The molecule has 1 fully saturated rings. The van der Waals surface area contributed by atoms with Crippen LogP contribution in [-0.2, 0) is 0 Å². The highest BCUT2D eigenvalue weighted by Crippen LogP contribution is 2.11. The van der Waals surface area contributed by atoms with E-state index in [1.807, 2.05) is 19.0 Å². The Morgan fingerprint density at radius 3 is 2.31 bits per heavy atom. The molecule has 7 nitrogen and oxygen atoms in total. The van der Waals surface area contributed by atoms with Gasteiger partial charge in [0.05, 0.1) is 6.04 Å². The van der Waals surface area contributed by atoms with E-state index in [9.17, 15) is 9.59 Å². The van der Waals surface area contributed by atoms with Crippen molar-refractivity contribution in [2.24, 2.45) is 0 Å². The molecule has 1 heterocycles. The third-order valence-electron chi connectivity index (χ3n) is 2.57. The number of rotatable bonds is 2. The van der Waals surface area contributed by atoms with Crippen LogP contribution in [0.3, 0.4) is 0 Å². The predicted molar refractivity (Wildman–Crippen MR) is 56.7 cm³/mol. The molecule has 0 aromatic heterocycles. The third kappa shape index (κ3) is 2.99. The van der Waals surface area contributed by atoms with Crippen molar-refractivity contribution in [3.05, 3.63) is 0 Å². The fraction of sp³-hybridized carbons (Fsp3) is 0.778. The lowest BCUT2D eigenvalue weighted by molar-refractivity contribution is 0.0551. The maximum absolute atomic E-state index is 11.0. The summed E-state index contributed by atoms with van der Waals surface area (Å²) in [6.45, 7) is 1.24. The molecule has 16 heavy (non-hydrogen) atoms. The summed E-state index contributed by atoms with van der Waals surface area (Å²) in [5.41, 5.74) is 0. The molecule has 0 aliphatic carbocycles. The molecule has 0 spiro atoms. The molecular weight excluding hydrogens is 214 g/mol. The largest absolute Gasteiger partial charge is 0.465 e. The minimum atomic E-state index is -0.992. The number of amides is 2. The molecule has 0 bridgehead atoms. The highest BCUT2D eigenvalue weighted by molar-refractivity contribution is 5.68. The van der Waals surface area contributed by atoms with Gasteiger partial charge in [-0.2, -0.15) is 0 Å². The molecular formula is C9H17N3O4. The molecule has 0 saturated carbocycles. The van der Waals surface area contributed by atoms with E-state index in [1.54, 1.807) is 0 Å². The Morgan fingerprint density at radius 2 is 1.88 bits per heavy atom. The number of carbonyl (C=O) groups is 2. The third-order valence-corrected chi connectivity index (χ3v) is 2.57. The predicted octanol–water partition coefficient (Wildman–Crippen LogP) is -0.110. The Hall–Kier alpha value is -1.50. The minimum Gasteiger partial charge on any atom is -0.465 e. The zero-order valence-corrected chi connectivity index (χ0v) is 9.46. The van der Waals surface area contributed by atoms with Gasteiger partial charge in [-0.3, -0.25) is 0 Å². The smallest absolute Gasteiger partial charge is 0.407 e. The van der Waals surface area contributed by atoms with E-state index in [0.29, 0.717) is 6.54 Å². The molecule has 1 aliphatic rings. The number of piperazine rings is 1. The van der Waals surface area contributed by atoms with E-state index in [-0.39, 0.29) is 25.7 Å². The SMILES string of the molecule is CN(C)C[C@H]1CN(C(=O)O)CCN1C(=O)O. The van der Waals surface area contributed by atoms with Gasteiger partial charge < -0.3 is 24.9 Å². The molecule has 0 aromatic rings. The molecule has 2 amide bonds. The van der Waals surface area contributed by atoms with Gasteiger partial charge >= 0.3 is 12.2 Å². The molecule has 0 unspecified atom stereocenters. The number of nitrogens with zero attached hydrogens (tertiary/aromatic N) is 3. The van der Waals surface area contributed by atoms with Crippen molar-refractivity contribution in [2.75, 3.05) is 40.3 Å². The summed E-state index contributed by atoms with van der Waals surface area (Å²) in [4.78, 5) is 26.2. The standard InChI is InChI=1S/C9H17N3O4/c1-10(2)5-7-6-11(8(13)14)3-4-12(7)9(15)16/h7H,3-6H2,1-2H3,(H,13,14)(H,15,16)/t7-/m0/s1. The highest BCUT2D eigenvalue weighted by atomic mass is 16.4. The van der Waals surface area contributed by atoms with Crippen LogP contribution in [-0.4, -0.2) is 83.4 Å². The molecule has 1 saturated heterocycles. The molecule has 92 valence electrons. The van der Waals surface area contributed by atoms with Crippen LogP contribution in [0, 0.1) is 0 Å². The van der Waals surface area contributed by atoms with Crippen molar-refractivity contribution >= 4 is 12.2 Å². The number of hydrogen-bond acceptors (Lipinski definition) is 3. The Morgan fingerprint density at radius 1 is 1.25 bits per heavy atom. The lowest BCUT2D eigenvalue weighted by Crippen LogP contribution is -2.58. The normalized spacial score (nSPS) is 21.3. The van der Waals surface area contributed by atoms with Crippen LogP contribution in [0.2, 0.25) is 0 Å². The number of likely N-dealkylation sites (N-methyl/N-ethyl adjacent to an activating group) is 1. The Bertz CT molecular complexity index is 282. The van der Waals surface area contributed by atoms with Gasteiger partial charge in [-0.1, -0.05) is 0 Å². The summed E-state index contributed by atoms with van der Waals surface area (Å²) in [5.74, 6) is 0. The Kier molecular flexibility index (Phi) is 3.94. The van der Waals surface area contributed by atoms with Gasteiger partial charge in [0.25, 0.3) is 0 Å². The number of hydrogen-bond donors (Lipinski definition) is 2. The topological polar surface area (TPSA) is 84.3 Å². The van der Waals surface area contributed by atoms with E-state index in [0.717, 1.165) is 0 Å². The van der Waals surface area contributed by atoms with E-state index < -0.39 is 12.2 Å². The van der Waals surface area contributed by atoms with E-state index in [1.165, 1.54) is 9.80 Å². The van der Waals surface area contributed by atoms with Crippen molar-refractivity contribution in [3.8, 4) is 0 Å². The minimum absolute atomic E-state index is 0.236. The van der Waals surface area contributed by atoms with Gasteiger partial charge in [0, 0.05) is 26.2 Å². The van der Waals surface area contributed by atoms with Gasteiger partial charge in [-0.15, -0.1) is 0 Å². The summed E-state index contributed by atoms with van der Waals surface area (Å²) in [7, 11) is 3.67. The zero-order chi connectivity index (χ0) is 12.3. The van der Waals surface area contributed by atoms with Crippen LogP contribution in [0.4, 0.5) is 9.59 Å². The van der Waals surface area contributed by atoms with Gasteiger partial charge in [-0.25, -0.2) is 9.59 Å². The molecule has 2 N–H and O–H groups in total. The summed E-state index contributed by atoms with van der Waals surface area (Å²) in [6, 6.07) is -0.294. The van der Waals surface area contributed by atoms with Crippen molar-refractivity contribution in [1.82, 2.24) is 14.7 Å². The number of carboxylic acid groups (broad SMARTS) is 2. The summed E-state index contributed by atoms with van der Waals surface area (Å²) >= 11 is 0. The summed E-state index contributed by atoms with van der Waals surface area (Å²) in [5, 5.41) is 17.8. The highest BCUT2D eigenvalue weighted by Gasteiger charge is 2.32. The first kappa shape index (κ1) is 12.6. The van der Waals surface area contributed by atoms with Gasteiger partial charge in [0.2, 0.25) is 0 Å². The quantitative estimate of drug-likeness (QED) is 0.692. The van der Waals surface area contributed by atoms with Crippen molar-refractivity contribution < 1.29 is 19.8 Å². The monoisotopic (exact) mass is 231 g/mol. The second kappa shape index (κ2) is 5.02. The van der Waals surface area contributed by atoms with Crippen LogP contribution < -0.4 is 0 Å². The van der Waals surface area contributed by atoms with Gasteiger partial charge in [0.1, 0.15) is 0 Å². The fourth-order valence-electron chi connectivity index (χ4n) is 1.86. The second-order valence-electron chi connectivity index (χ2n) is 4.12. The average Bonchev–Trinajstić information content (AvgIpc) is 2.15. The van der Waals surface area contributed by atoms with E-state index in [4.69, 9.17) is 10.2 Å². The van der Waals surface area contributed by atoms with Crippen LogP contribution >= 0.6 is 0 Å². The average molecular weight is 231 g/mol. The zero-order valence-electron chi connectivity index (χ0n) is 9.46. The van der Waals surface area contributed by atoms with Crippen LogP contribution in [0.1, 0.15) is 0 Å². The van der Waals surface area contributed by atoms with Crippen LogP contribution in [0.5, 0.6) is 0 Å². The first-order chi connectivity index (χ1) is 7.41. The summed E-state index contributed by atoms with van der Waals surface area (Å²) < 4.78 is 0. The van der Waals surface area contributed by atoms with E-state index >= 15 is 0 Å². The lowest BCUT2D eigenvalue weighted by Gasteiger charge is -2.39. The van der Waals surface area contributed by atoms with Gasteiger partial charge in [0.15, 0.2) is 0 Å². The fourth-order valence-corrected chi connectivity index (χ4v) is 1.86. The Balaban J connectivity index is 2.69. The van der Waals surface area contributed by atoms with Crippen LogP contribution in [0.15, 0.2) is 0 Å². The first-order valence-electron chi connectivity index (χ1n) is 5.04. The first-order valence-corrected chi connectivity index (χ1v) is 5.04. The molecule has 0 radical (unpaired) electrons. The summed E-state index contributed by atoms with van der Waals surface area (Å²) in [6.07, 6.45) is -1.98. The van der Waals surface area contributed by atoms with Crippen molar-refractivity contribution in [3.63, 3.8) is 0 Å². The molecule has 7 heteroatoms. The van der Waals surface area contributed by atoms with Crippen molar-refractivity contribution in [1.29, 1.82) is 0 Å². The molecule has 1 rings (SSSR count). The maximum Gasteiger partial charge on any atom is 0.407 e. The van der Waals surface area contributed by atoms with E-state index in [2.05, 4.69) is 0 Å². The Labute approximate surface area is 93.8 Å². The van der Waals surface area contributed by atoms with Gasteiger partial charge in [-0.05, 0) is 14.1 Å². The second-order valence-corrected chi connectivity index (χ2v) is 4.12.